The van der Waals surface area contributed by atoms with Crippen LogP contribution in [0, 0.1) is 0 Å². The molecule has 0 aromatic carbocycles. The summed E-state index contributed by atoms with van der Waals surface area (Å²) in [6.07, 6.45) is 20.9. The smallest absolute Gasteiger partial charge is 0.178 e. The molecule has 0 aliphatic heterocycles. The first-order valence-electron chi connectivity index (χ1n) is 11.8. The molecule has 0 spiro atoms. The summed E-state index contributed by atoms with van der Waals surface area (Å²) in [4.78, 5) is 22.8. The van der Waals surface area contributed by atoms with Crippen LogP contribution in [0.5, 0.6) is 0 Å². The lowest BCUT2D eigenvalue weighted by Crippen LogP contribution is -1.99. The Bertz CT molecular complexity index is 748. The standard InChI is InChI=1S/C27H38O2.C2H6/c1-21(2)9-6-13-25(20-28)14-8-12-22(3)10-7-11-23(4)15-16-26-17-24(5)18-27(29)19-26;1-2/h9-10,14-15,18-20H,6-8,11-13,16-17H2,1-5H3;1-2H3/b22-10+,23-15+,25-14-;. The molecule has 2 heteroatoms. The van der Waals surface area contributed by atoms with Crippen molar-refractivity contribution in [3.63, 3.8) is 0 Å². The second kappa shape index (κ2) is 17.5. The first kappa shape index (κ1) is 28.8. The normalized spacial score (nSPS) is 14.9. The van der Waals surface area contributed by atoms with Crippen molar-refractivity contribution >= 4 is 12.1 Å². The molecule has 0 bridgehead atoms. The molecule has 2 nitrogen and oxygen atoms in total. The minimum absolute atomic E-state index is 0.122. The average Bonchev–Trinajstić information content (AvgIpc) is 2.71. The predicted molar refractivity (Wildman–Crippen MR) is 136 cm³/mol. The van der Waals surface area contributed by atoms with Gasteiger partial charge < -0.3 is 0 Å². The van der Waals surface area contributed by atoms with E-state index in [1.807, 2.05) is 20.8 Å². The van der Waals surface area contributed by atoms with Crippen molar-refractivity contribution in [1.29, 1.82) is 0 Å². The second-order valence-corrected chi connectivity index (χ2v) is 8.47. The van der Waals surface area contributed by atoms with Gasteiger partial charge >= 0.3 is 0 Å². The van der Waals surface area contributed by atoms with E-state index in [1.165, 1.54) is 22.3 Å². The highest BCUT2D eigenvalue weighted by Gasteiger charge is 2.07. The van der Waals surface area contributed by atoms with Gasteiger partial charge in [-0.2, -0.15) is 0 Å². The van der Waals surface area contributed by atoms with Crippen LogP contribution in [0.4, 0.5) is 0 Å². The van der Waals surface area contributed by atoms with E-state index in [0.717, 1.165) is 68.8 Å². The fraction of sp³-hybridized carbons (Fsp3) is 0.517. The third-order valence-electron chi connectivity index (χ3n) is 5.07. The fourth-order valence-electron chi connectivity index (χ4n) is 3.35. The zero-order valence-electron chi connectivity index (χ0n) is 21.0. The van der Waals surface area contributed by atoms with E-state index >= 15 is 0 Å². The van der Waals surface area contributed by atoms with Crippen molar-refractivity contribution in [2.45, 2.75) is 99.8 Å². The molecular formula is C29H44O2. The van der Waals surface area contributed by atoms with Gasteiger partial charge in [0.15, 0.2) is 5.78 Å². The number of carbonyl (C=O) groups is 2. The van der Waals surface area contributed by atoms with E-state index in [2.05, 4.69) is 52.0 Å². The Balaban J connectivity index is 0.00000436. The van der Waals surface area contributed by atoms with E-state index in [0.29, 0.717) is 0 Å². The Hall–Kier alpha value is -2.22. The van der Waals surface area contributed by atoms with Crippen LogP contribution in [0.25, 0.3) is 0 Å². The molecular weight excluding hydrogens is 380 g/mol. The largest absolute Gasteiger partial charge is 0.298 e. The topological polar surface area (TPSA) is 34.1 Å². The number of carbonyl (C=O) groups excluding carboxylic acids is 2. The molecule has 0 aromatic heterocycles. The van der Waals surface area contributed by atoms with Crippen molar-refractivity contribution in [1.82, 2.24) is 0 Å². The predicted octanol–water partition coefficient (Wildman–Crippen LogP) is 8.57. The first-order valence-corrected chi connectivity index (χ1v) is 11.8. The van der Waals surface area contributed by atoms with Crippen LogP contribution in [0.15, 0.2) is 69.9 Å². The number of allylic oxidation sites excluding steroid dienone is 12. The highest BCUT2D eigenvalue weighted by molar-refractivity contribution is 6.01. The molecule has 0 N–H and O–H groups in total. The van der Waals surface area contributed by atoms with Crippen molar-refractivity contribution < 1.29 is 9.59 Å². The molecule has 31 heavy (non-hydrogen) atoms. The highest BCUT2D eigenvalue weighted by Crippen LogP contribution is 2.21. The summed E-state index contributed by atoms with van der Waals surface area (Å²) in [5, 5.41) is 0. The Kier molecular flexibility index (Phi) is 16.2. The van der Waals surface area contributed by atoms with Crippen LogP contribution < -0.4 is 0 Å². The minimum Gasteiger partial charge on any atom is -0.298 e. The molecule has 0 amide bonds. The van der Waals surface area contributed by atoms with Crippen LogP contribution in [0.1, 0.15) is 99.8 Å². The van der Waals surface area contributed by atoms with Gasteiger partial charge in [-0.25, -0.2) is 0 Å². The fourth-order valence-corrected chi connectivity index (χ4v) is 3.35. The number of aldehydes is 1. The summed E-state index contributed by atoms with van der Waals surface area (Å²) >= 11 is 0. The van der Waals surface area contributed by atoms with Gasteiger partial charge in [0.25, 0.3) is 0 Å². The number of hydrogen-bond donors (Lipinski definition) is 0. The summed E-state index contributed by atoms with van der Waals surface area (Å²) in [6.45, 7) is 14.5. The average molecular weight is 425 g/mol. The van der Waals surface area contributed by atoms with Gasteiger partial charge in [-0.15, -0.1) is 0 Å². The van der Waals surface area contributed by atoms with Crippen LogP contribution in [-0.2, 0) is 9.59 Å². The number of hydrogen-bond acceptors (Lipinski definition) is 2. The van der Waals surface area contributed by atoms with E-state index in [1.54, 1.807) is 12.2 Å². The Labute approximate surface area is 191 Å². The van der Waals surface area contributed by atoms with Crippen LogP contribution in [0.3, 0.4) is 0 Å². The molecule has 0 unspecified atom stereocenters. The van der Waals surface area contributed by atoms with Crippen LogP contribution in [0.2, 0.25) is 0 Å². The molecule has 0 radical (unpaired) electrons. The maximum Gasteiger partial charge on any atom is 0.178 e. The molecule has 0 fully saturated rings. The van der Waals surface area contributed by atoms with Gasteiger partial charge in [0, 0.05) is 0 Å². The summed E-state index contributed by atoms with van der Waals surface area (Å²) in [6, 6.07) is 0. The maximum atomic E-state index is 11.6. The quantitative estimate of drug-likeness (QED) is 0.178. The van der Waals surface area contributed by atoms with Gasteiger partial charge in [-0.05, 0) is 104 Å². The molecule has 1 aliphatic rings. The molecule has 0 heterocycles. The molecule has 0 saturated carbocycles. The zero-order chi connectivity index (χ0) is 23.6. The lowest BCUT2D eigenvalue weighted by atomic mass is 9.95. The third-order valence-corrected chi connectivity index (χ3v) is 5.07. The number of ketones is 1. The summed E-state index contributed by atoms with van der Waals surface area (Å²) in [5.41, 5.74) is 7.33. The van der Waals surface area contributed by atoms with E-state index in [9.17, 15) is 9.59 Å². The van der Waals surface area contributed by atoms with E-state index in [4.69, 9.17) is 0 Å². The van der Waals surface area contributed by atoms with Crippen molar-refractivity contribution in [3.05, 3.63) is 69.9 Å². The highest BCUT2D eigenvalue weighted by atomic mass is 16.1. The first-order chi connectivity index (χ1) is 14.8. The lowest BCUT2D eigenvalue weighted by molar-refractivity contribution is -0.110. The molecule has 0 aromatic rings. The Morgan fingerprint density at radius 2 is 1.42 bits per heavy atom. The van der Waals surface area contributed by atoms with Gasteiger partial charge in [0.2, 0.25) is 0 Å². The number of rotatable bonds is 12. The van der Waals surface area contributed by atoms with Gasteiger partial charge in [-0.1, -0.05) is 66.0 Å². The van der Waals surface area contributed by atoms with Gasteiger partial charge in [0.05, 0.1) is 0 Å². The SMILES string of the molecule is CC.CC(C)=CCC/C(C=O)=C/CC/C(C)=C/CC/C(C)=C/CC1=CC(=O)C=C(C)C1. The van der Waals surface area contributed by atoms with Gasteiger partial charge in [-0.3, -0.25) is 9.59 Å². The van der Waals surface area contributed by atoms with Crippen LogP contribution >= 0.6 is 0 Å². The monoisotopic (exact) mass is 424 g/mol. The van der Waals surface area contributed by atoms with Crippen molar-refractivity contribution in [3.8, 4) is 0 Å². The third kappa shape index (κ3) is 15.3. The molecule has 1 aliphatic carbocycles. The lowest BCUT2D eigenvalue weighted by Gasteiger charge is -2.10. The summed E-state index contributed by atoms with van der Waals surface area (Å²) in [7, 11) is 0. The van der Waals surface area contributed by atoms with E-state index < -0.39 is 0 Å². The molecule has 1 rings (SSSR count). The van der Waals surface area contributed by atoms with E-state index in [-0.39, 0.29) is 5.78 Å². The molecule has 172 valence electrons. The minimum atomic E-state index is 0.122. The zero-order valence-corrected chi connectivity index (χ0v) is 21.0. The van der Waals surface area contributed by atoms with Gasteiger partial charge in [0.1, 0.15) is 6.29 Å². The Morgan fingerprint density at radius 3 is 2.00 bits per heavy atom. The second-order valence-electron chi connectivity index (χ2n) is 8.47. The summed E-state index contributed by atoms with van der Waals surface area (Å²) < 4.78 is 0. The van der Waals surface area contributed by atoms with Crippen molar-refractivity contribution in [2.24, 2.45) is 0 Å². The maximum absolute atomic E-state index is 11.6. The molecule has 0 saturated heterocycles. The summed E-state index contributed by atoms with van der Waals surface area (Å²) in [5.74, 6) is 0.122. The van der Waals surface area contributed by atoms with Crippen LogP contribution in [-0.4, -0.2) is 12.1 Å². The molecule has 0 atom stereocenters. The Morgan fingerprint density at radius 1 is 0.839 bits per heavy atom. The van der Waals surface area contributed by atoms with Crippen molar-refractivity contribution in [2.75, 3.05) is 0 Å².